The van der Waals surface area contributed by atoms with E-state index in [9.17, 15) is 19.8 Å². The number of aryl methyl sites for hydroxylation is 1. The van der Waals surface area contributed by atoms with Gasteiger partial charge in [-0.05, 0) is 12.8 Å². The van der Waals surface area contributed by atoms with E-state index in [0.29, 0.717) is 23.7 Å². The zero-order valence-electron chi connectivity index (χ0n) is 11.1. The summed E-state index contributed by atoms with van der Waals surface area (Å²) in [7, 11) is 0. The topological polar surface area (TPSA) is 125 Å². The van der Waals surface area contributed by atoms with Crippen LogP contribution in [-0.2, 0) is 11.2 Å². The number of ether oxygens (including phenoxy) is 1. The van der Waals surface area contributed by atoms with Crippen molar-refractivity contribution in [1.82, 2.24) is 9.55 Å². The molecule has 2 rings (SSSR count). The van der Waals surface area contributed by atoms with E-state index in [0.717, 1.165) is 4.57 Å². The minimum absolute atomic E-state index is 0.381. The second kappa shape index (κ2) is 6.84. The quantitative estimate of drug-likeness (QED) is 0.470. The molecule has 0 bridgehead atoms. The highest BCUT2D eigenvalue weighted by Gasteiger charge is 2.43. The van der Waals surface area contributed by atoms with Crippen LogP contribution in [0, 0.1) is 0 Å². The molecule has 1 aromatic rings. The lowest BCUT2D eigenvalue weighted by atomic mass is 10.1. The molecule has 1 fully saturated rings. The molecular formula is C12H17BrN2O6. The van der Waals surface area contributed by atoms with Gasteiger partial charge in [-0.25, -0.2) is 4.79 Å². The van der Waals surface area contributed by atoms with Crippen molar-refractivity contribution in [3.63, 3.8) is 0 Å². The summed E-state index contributed by atoms with van der Waals surface area (Å²) in [6, 6.07) is 0. The van der Waals surface area contributed by atoms with Crippen molar-refractivity contribution in [1.29, 1.82) is 0 Å². The van der Waals surface area contributed by atoms with Gasteiger partial charge in [-0.2, -0.15) is 0 Å². The van der Waals surface area contributed by atoms with Crippen LogP contribution in [0.2, 0.25) is 0 Å². The van der Waals surface area contributed by atoms with E-state index in [1.165, 1.54) is 6.20 Å². The largest absolute Gasteiger partial charge is 0.394 e. The van der Waals surface area contributed by atoms with Gasteiger partial charge in [0.1, 0.15) is 18.3 Å². The van der Waals surface area contributed by atoms with E-state index >= 15 is 0 Å². The molecule has 2 unspecified atom stereocenters. The first-order valence-corrected chi connectivity index (χ1v) is 7.64. The van der Waals surface area contributed by atoms with E-state index in [-0.39, 0.29) is 0 Å². The third-order valence-electron chi connectivity index (χ3n) is 3.41. The van der Waals surface area contributed by atoms with Crippen molar-refractivity contribution >= 4 is 15.9 Å². The summed E-state index contributed by atoms with van der Waals surface area (Å²) < 4.78 is 6.32. The van der Waals surface area contributed by atoms with Crippen LogP contribution in [0.1, 0.15) is 18.2 Å². The number of aliphatic hydroxyl groups is 3. The smallest absolute Gasteiger partial charge is 0.330 e. The maximum absolute atomic E-state index is 11.9. The van der Waals surface area contributed by atoms with Crippen LogP contribution >= 0.6 is 15.9 Å². The first-order valence-electron chi connectivity index (χ1n) is 6.52. The molecule has 1 saturated heterocycles. The molecule has 4 N–H and O–H groups in total. The molecule has 1 aliphatic rings. The molecule has 2 heterocycles. The summed E-state index contributed by atoms with van der Waals surface area (Å²) >= 11 is 3.26. The van der Waals surface area contributed by atoms with Crippen molar-refractivity contribution in [3.8, 4) is 0 Å². The van der Waals surface area contributed by atoms with E-state index in [1.54, 1.807) is 0 Å². The highest BCUT2D eigenvalue weighted by Crippen LogP contribution is 2.27. The van der Waals surface area contributed by atoms with E-state index < -0.39 is 42.4 Å². The Morgan fingerprint density at radius 3 is 2.62 bits per heavy atom. The molecule has 1 aliphatic heterocycles. The standard InChI is InChI=1S/C12H17BrN2O6/c13-3-1-2-6-4-15(12(20)14-10(6)19)11-9(18)8(17)7(5-16)21-11/h4,7-9,11,16-18H,1-3,5H2,(H,14,19,20)/t7-,8?,9?,11-/m0/s1. The Morgan fingerprint density at radius 1 is 1.33 bits per heavy atom. The molecule has 21 heavy (non-hydrogen) atoms. The lowest BCUT2D eigenvalue weighted by Gasteiger charge is -2.17. The minimum Gasteiger partial charge on any atom is -0.394 e. The zero-order valence-corrected chi connectivity index (χ0v) is 12.7. The number of H-pyrrole nitrogens is 1. The summed E-state index contributed by atoms with van der Waals surface area (Å²) in [4.78, 5) is 25.7. The van der Waals surface area contributed by atoms with Gasteiger partial charge in [0, 0.05) is 17.1 Å². The van der Waals surface area contributed by atoms with Crippen LogP contribution in [0.4, 0.5) is 0 Å². The van der Waals surface area contributed by atoms with Gasteiger partial charge in [-0.3, -0.25) is 14.3 Å². The molecule has 4 atom stereocenters. The molecule has 0 aliphatic carbocycles. The van der Waals surface area contributed by atoms with Gasteiger partial charge in [0.05, 0.1) is 6.61 Å². The Bertz CT molecular complexity index is 600. The van der Waals surface area contributed by atoms with E-state index in [2.05, 4.69) is 20.9 Å². The number of rotatable bonds is 5. The first-order chi connectivity index (χ1) is 9.99. The molecule has 1 aromatic heterocycles. The van der Waals surface area contributed by atoms with Crippen molar-refractivity contribution in [2.24, 2.45) is 0 Å². The second-order valence-corrected chi connectivity index (χ2v) is 5.64. The Hall–Kier alpha value is -1.00. The SMILES string of the molecule is O=c1[nH]c(=O)n([C@H]2O[C@@H](CO)C(O)C2O)cc1CCCBr. The van der Waals surface area contributed by atoms with Crippen LogP contribution in [0.5, 0.6) is 0 Å². The highest BCUT2D eigenvalue weighted by atomic mass is 79.9. The Kier molecular flexibility index (Phi) is 5.33. The lowest BCUT2D eigenvalue weighted by Crippen LogP contribution is -2.38. The second-order valence-electron chi connectivity index (χ2n) is 4.84. The first kappa shape index (κ1) is 16.4. The molecule has 118 valence electrons. The maximum atomic E-state index is 11.9. The highest BCUT2D eigenvalue weighted by molar-refractivity contribution is 9.09. The Labute approximate surface area is 128 Å². The van der Waals surface area contributed by atoms with Crippen molar-refractivity contribution < 1.29 is 20.1 Å². The van der Waals surface area contributed by atoms with E-state index in [4.69, 9.17) is 9.84 Å². The van der Waals surface area contributed by atoms with Crippen molar-refractivity contribution in [3.05, 3.63) is 32.6 Å². The number of hydrogen-bond donors (Lipinski definition) is 4. The van der Waals surface area contributed by atoms with Gasteiger partial charge in [0.2, 0.25) is 0 Å². The maximum Gasteiger partial charge on any atom is 0.330 e. The summed E-state index contributed by atoms with van der Waals surface area (Å²) in [5, 5.41) is 29.4. The van der Waals surface area contributed by atoms with Gasteiger partial charge in [-0.15, -0.1) is 0 Å². The molecular weight excluding hydrogens is 348 g/mol. The molecule has 0 spiro atoms. The van der Waals surface area contributed by atoms with Gasteiger partial charge in [0.25, 0.3) is 5.56 Å². The van der Waals surface area contributed by atoms with Crippen LogP contribution in [-0.4, -0.2) is 55.1 Å². The van der Waals surface area contributed by atoms with Crippen LogP contribution in [0.15, 0.2) is 15.8 Å². The number of nitrogens with zero attached hydrogens (tertiary/aromatic N) is 1. The van der Waals surface area contributed by atoms with Gasteiger partial charge in [0.15, 0.2) is 6.23 Å². The number of aromatic amines is 1. The van der Waals surface area contributed by atoms with Crippen molar-refractivity contribution in [2.75, 3.05) is 11.9 Å². The fourth-order valence-corrected chi connectivity index (χ4v) is 2.54. The van der Waals surface area contributed by atoms with Crippen LogP contribution in [0.25, 0.3) is 0 Å². The number of halogens is 1. The zero-order chi connectivity index (χ0) is 15.6. The van der Waals surface area contributed by atoms with Crippen LogP contribution < -0.4 is 11.2 Å². The molecule has 9 heteroatoms. The van der Waals surface area contributed by atoms with Gasteiger partial charge >= 0.3 is 5.69 Å². The lowest BCUT2D eigenvalue weighted by molar-refractivity contribution is -0.0551. The monoisotopic (exact) mass is 364 g/mol. The summed E-state index contributed by atoms with van der Waals surface area (Å²) in [6.45, 7) is -0.483. The van der Waals surface area contributed by atoms with E-state index in [1.807, 2.05) is 0 Å². The summed E-state index contributed by atoms with van der Waals surface area (Å²) in [5.74, 6) is 0. The average molecular weight is 365 g/mol. The average Bonchev–Trinajstić information content (AvgIpc) is 2.74. The number of nitrogens with one attached hydrogen (secondary N) is 1. The van der Waals surface area contributed by atoms with Gasteiger partial charge < -0.3 is 20.1 Å². The molecule has 0 radical (unpaired) electrons. The van der Waals surface area contributed by atoms with Crippen LogP contribution in [0.3, 0.4) is 0 Å². The normalized spacial score (nSPS) is 29.0. The molecule has 0 saturated carbocycles. The minimum atomic E-state index is -1.37. The number of aromatic nitrogens is 2. The predicted molar refractivity (Wildman–Crippen MR) is 76.4 cm³/mol. The fourth-order valence-electron chi connectivity index (χ4n) is 2.26. The fraction of sp³-hybridized carbons (Fsp3) is 0.667. The Morgan fingerprint density at radius 2 is 2.05 bits per heavy atom. The van der Waals surface area contributed by atoms with Gasteiger partial charge in [-0.1, -0.05) is 15.9 Å². The molecule has 8 nitrogen and oxygen atoms in total. The summed E-state index contributed by atoms with van der Waals surface area (Å²) in [5.41, 5.74) is -0.840. The predicted octanol–water partition coefficient (Wildman–Crippen LogP) is -1.52. The third-order valence-corrected chi connectivity index (χ3v) is 3.97. The van der Waals surface area contributed by atoms with Crippen molar-refractivity contribution in [2.45, 2.75) is 37.4 Å². The number of alkyl halides is 1. The third kappa shape index (κ3) is 3.27. The molecule has 0 amide bonds. The Balaban J connectivity index is 2.35. The molecule has 0 aromatic carbocycles. The number of aliphatic hydroxyl groups excluding tert-OH is 3. The summed E-state index contributed by atoms with van der Waals surface area (Å²) in [6.07, 6.45) is -2.31. The number of hydrogen-bond acceptors (Lipinski definition) is 6.